The zero-order valence-corrected chi connectivity index (χ0v) is 22.3. The van der Waals surface area contributed by atoms with E-state index in [0.29, 0.717) is 10.6 Å². The van der Waals surface area contributed by atoms with Gasteiger partial charge in [-0.1, -0.05) is 54.6 Å². The first-order chi connectivity index (χ1) is 12.7. The predicted molar refractivity (Wildman–Crippen MR) is 116 cm³/mol. The normalized spacial score (nSPS) is 11.4. The van der Waals surface area contributed by atoms with Crippen molar-refractivity contribution >= 4 is 103 Å². The van der Waals surface area contributed by atoms with Crippen LogP contribution in [0.4, 0.5) is 0 Å². The van der Waals surface area contributed by atoms with Gasteiger partial charge in [0.2, 0.25) is 0 Å². The molecule has 0 unspecified atom stereocenters. The van der Waals surface area contributed by atoms with Gasteiger partial charge in [-0.3, -0.25) is 9.11 Å². The van der Waals surface area contributed by atoms with Gasteiger partial charge in [-0.15, -0.1) is 0 Å². The van der Waals surface area contributed by atoms with Crippen LogP contribution in [0.5, 0.6) is 0 Å². The predicted octanol–water partition coefficient (Wildman–Crippen LogP) is 1.18. The van der Waals surface area contributed by atoms with Crippen LogP contribution < -0.4 is 15.9 Å². The average molecular weight is 468 g/mol. The molecule has 0 aliphatic carbocycles. The Hall–Kier alpha value is -0.0900. The number of rotatable bonds is 5. The van der Waals surface area contributed by atoms with Crippen molar-refractivity contribution in [3.8, 4) is 0 Å². The summed E-state index contributed by atoms with van der Waals surface area (Å²) < 4.78 is 64.8. The SMILES string of the molecule is O=S(=O)(O)c1cccc(P(c2ccccc2)c2cccc(S(=O)(=O)O)c2)c1.[Na].[Na]. The molecule has 0 amide bonds. The molecule has 3 aromatic carbocycles. The van der Waals surface area contributed by atoms with Gasteiger partial charge in [0.25, 0.3) is 20.2 Å². The molecule has 0 aliphatic rings. The minimum atomic E-state index is -4.38. The van der Waals surface area contributed by atoms with E-state index < -0.39 is 28.2 Å². The molecule has 0 spiro atoms. The van der Waals surface area contributed by atoms with Crippen molar-refractivity contribution in [2.24, 2.45) is 0 Å². The van der Waals surface area contributed by atoms with Crippen molar-refractivity contribution in [1.29, 1.82) is 0 Å². The summed E-state index contributed by atoms with van der Waals surface area (Å²) in [6.45, 7) is 0. The molecular formula is C18H15Na2O6PS2. The first kappa shape index (κ1) is 26.9. The summed E-state index contributed by atoms with van der Waals surface area (Å²) in [7, 11) is -10.1. The van der Waals surface area contributed by atoms with Gasteiger partial charge in [-0.2, -0.15) is 16.8 Å². The maximum Gasteiger partial charge on any atom is 0.294 e. The molecule has 6 nitrogen and oxygen atoms in total. The largest absolute Gasteiger partial charge is 0.294 e. The van der Waals surface area contributed by atoms with E-state index in [1.54, 1.807) is 12.1 Å². The van der Waals surface area contributed by atoms with E-state index in [9.17, 15) is 25.9 Å². The van der Waals surface area contributed by atoms with Crippen molar-refractivity contribution < 1.29 is 25.9 Å². The fourth-order valence-corrected chi connectivity index (χ4v) is 6.19. The van der Waals surface area contributed by atoms with Crippen LogP contribution in [0.3, 0.4) is 0 Å². The second-order valence-electron chi connectivity index (χ2n) is 5.62. The van der Waals surface area contributed by atoms with Gasteiger partial charge < -0.3 is 0 Å². The third-order valence-corrected chi connectivity index (χ3v) is 7.86. The molecule has 2 N–H and O–H groups in total. The van der Waals surface area contributed by atoms with Crippen LogP contribution in [0.15, 0.2) is 88.7 Å². The monoisotopic (exact) mass is 468 g/mol. The Morgan fingerprint density at radius 2 is 0.931 bits per heavy atom. The topological polar surface area (TPSA) is 109 Å². The molecular weight excluding hydrogens is 453 g/mol. The second kappa shape index (κ2) is 11.0. The van der Waals surface area contributed by atoms with Crippen molar-refractivity contribution in [2.75, 3.05) is 0 Å². The first-order valence-corrected chi connectivity index (χ1v) is 11.9. The maximum atomic E-state index is 11.5. The third kappa shape index (κ3) is 6.95. The van der Waals surface area contributed by atoms with Crippen LogP contribution in [0.2, 0.25) is 0 Å². The van der Waals surface area contributed by atoms with Crippen LogP contribution >= 0.6 is 7.92 Å². The molecule has 0 atom stereocenters. The van der Waals surface area contributed by atoms with E-state index in [0.717, 1.165) is 5.30 Å². The molecule has 29 heavy (non-hydrogen) atoms. The van der Waals surface area contributed by atoms with Crippen molar-refractivity contribution in [3.63, 3.8) is 0 Å². The van der Waals surface area contributed by atoms with E-state index in [1.807, 2.05) is 30.3 Å². The molecule has 142 valence electrons. The van der Waals surface area contributed by atoms with Crippen molar-refractivity contribution in [1.82, 2.24) is 0 Å². The zero-order valence-electron chi connectivity index (χ0n) is 15.8. The fourth-order valence-electron chi connectivity index (χ4n) is 2.59. The quantitative estimate of drug-likeness (QED) is 0.331. The number of hydrogen-bond acceptors (Lipinski definition) is 4. The molecule has 0 fully saturated rings. The van der Waals surface area contributed by atoms with E-state index in [1.165, 1.54) is 36.4 Å². The summed E-state index contributed by atoms with van der Waals surface area (Å²) in [6, 6.07) is 21.0. The Balaban J connectivity index is 0.00000210. The molecule has 0 saturated carbocycles. The van der Waals surface area contributed by atoms with Crippen LogP contribution in [0.25, 0.3) is 0 Å². The molecule has 0 bridgehead atoms. The van der Waals surface area contributed by atoms with E-state index in [-0.39, 0.29) is 68.9 Å². The van der Waals surface area contributed by atoms with Gasteiger partial charge in [-0.25, -0.2) is 0 Å². The average Bonchev–Trinajstić information content (AvgIpc) is 2.62. The summed E-state index contributed by atoms with van der Waals surface area (Å²) in [5, 5.41) is 2.07. The molecule has 0 saturated heterocycles. The minimum Gasteiger partial charge on any atom is -0.282 e. The summed E-state index contributed by atoms with van der Waals surface area (Å²) in [5.74, 6) is 0. The summed E-state index contributed by atoms with van der Waals surface area (Å²) >= 11 is 0. The summed E-state index contributed by atoms with van der Waals surface area (Å²) in [5.41, 5.74) is 0. The van der Waals surface area contributed by atoms with Crippen LogP contribution in [-0.4, -0.2) is 85.1 Å². The van der Waals surface area contributed by atoms with Gasteiger partial charge in [0.1, 0.15) is 0 Å². The van der Waals surface area contributed by atoms with Gasteiger partial charge >= 0.3 is 0 Å². The molecule has 0 aromatic heterocycles. The summed E-state index contributed by atoms with van der Waals surface area (Å²) in [4.78, 5) is -0.483. The van der Waals surface area contributed by atoms with Gasteiger partial charge in [0, 0.05) is 59.1 Å². The Bertz CT molecular complexity index is 1110. The summed E-state index contributed by atoms with van der Waals surface area (Å²) in [6.07, 6.45) is 0. The Morgan fingerprint density at radius 3 is 1.31 bits per heavy atom. The number of hydrogen-bond donors (Lipinski definition) is 2. The zero-order chi connectivity index (χ0) is 19.7. The van der Waals surface area contributed by atoms with Gasteiger partial charge in [0.15, 0.2) is 0 Å². The van der Waals surface area contributed by atoms with E-state index in [2.05, 4.69) is 0 Å². The van der Waals surface area contributed by atoms with E-state index >= 15 is 0 Å². The van der Waals surface area contributed by atoms with Crippen molar-refractivity contribution in [2.45, 2.75) is 9.79 Å². The smallest absolute Gasteiger partial charge is 0.282 e. The van der Waals surface area contributed by atoms with Crippen LogP contribution in [0.1, 0.15) is 0 Å². The minimum absolute atomic E-state index is 0. The van der Waals surface area contributed by atoms with Gasteiger partial charge in [0.05, 0.1) is 9.79 Å². The second-order valence-corrected chi connectivity index (χ2v) is 10.7. The maximum absolute atomic E-state index is 11.5. The first-order valence-electron chi connectivity index (χ1n) is 7.66. The van der Waals surface area contributed by atoms with E-state index in [4.69, 9.17) is 0 Å². The standard InChI is InChI=1S/C18H15O6PS2.2Na/c19-26(20,21)17-10-4-8-15(12-17)25(14-6-2-1-3-7-14)16-9-5-11-18(13-16)27(22,23)24;;/h1-13H,(H,19,20,21)(H,22,23,24);;. The molecule has 11 heteroatoms. The Morgan fingerprint density at radius 1 is 0.552 bits per heavy atom. The molecule has 0 heterocycles. The molecule has 3 rings (SSSR count). The Labute approximate surface area is 215 Å². The molecule has 0 aliphatic heterocycles. The fraction of sp³-hybridized carbons (Fsp3) is 0. The molecule has 3 aromatic rings. The van der Waals surface area contributed by atoms with Crippen LogP contribution in [0, 0.1) is 0 Å². The third-order valence-electron chi connectivity index (χ3n) is 3.76. The Kier molecular flexibility index (Phi) is 10.2. The van der Waals surface area contributed by atoms with Crippen LogP contribution in [-0.2, 0) is 20.2 Å². The van der Waals surface area contributed by atoms with Crippen molar-refractivity contribution in [3.05, 3.63) is 78.9 Å². The molecule has 2 radical (unpaired) electrons. The van der Waals surface area contributed by atoms with Gasteiger partial charge in [-0.05, 0) is 48.1 Å². The number of benzene rings is 3.